The molecule has 0 amide bonds. The normalized spacial score (nSPS) is 18.7. The molecule has 0 atom stereocenters. The molecule has 0 bridgehead atoms. The Morgan fingerprint density at radius 1 is 1.27 bits per heavy atom. The van der Waals surface area contributed by atoms with Gasteiger partial charge in [-0.2, -0.15) is 0 Å². The molecular weight excluding hydrogens is 182 g/mol. The summed E-state index contributed by atoms with van der Waals surface area (Å²) in [5.74, 6) is 0. The Morgan fingerprint density at radius 3 is 2.60 bits per heavy atom. The van der Waals surface area contributed by atoms with Gasteiger partial charge in [0.05, 0.1) is 0 Å². The largest absolute Gasteiger partial charge is 0.379 e. The maximum Gasteiger partial charge on any atom is 0.0417 e. The van der Waals surface area contributed by atoms with Gasteiger partial charge in [-0.15, -0.1) is 0 Å². The SMILES string of the molecule is C=Cc1ccccc1NC1(C)CCCC1. The topological polar surface area (TPSA) is 12.0 Å². The van der Waals surface area contributed by atoms with Crippen molar-refractivity contribution in [2.24, 2.45) is 0 Å². The summed E-state index contributed by atoms with van der Waals surface area (Å²) >= 11 is 0. The van der Waals surface area contributed by atoms with Gasteiger partial charge in [0.2, 0.25) is 0 Å². The van der Waals surface area contributed by atoms with Crippen molar-refractivity contribution in [3.63, 3.8) is 0 Å². The maximum atomic E-state index is 3.85. The summed E-state index contributed by atoms with van der Waals surface area (Å²) in [5, 5.41) is 3.67. The van der Waals surface area contributed by atoms with Gasteiger partial charge in [0.25, 0.3) is 0 Å². The van der Waals surface area contributed by atoms with Crippen LogP contribution in [0.3, 0.4) is 0 Å². The van der Waals surface area contributed by atoms with E-state index in [2.05, 4.69) is 43.1 Å². The van der Waals surface area contributed by atoms with Crippen molar-refractivity contribution >= 4 is 11.8 Å². The Hall–Kier alpha value is -1.24. The molecule has 15 heavy (non-hydrogen) atoms. The zero-order valence-corrected chi connectivity index (χ0v) is 9.42. The number of anilines is 1. The lowest BCUT2D eigenvalue weighted by Crippen LogP contribution is -2.31. The highest BCUT2D eigenvalue weighted by molar-refractivity contribution is 5.66. The van der Waals surface area contributed by atoms with E-state index in [1.165, 1.54) is 36.9 Å². The molecule has 1 nitrogen and oxygen atoms in total. The highest BCUT2D eigenvalue weighted by Gasteiger charge is 2.28. The lowest BCUT2D eigenvalue weighted by molar-refractivity contribution is 0.533. The van der Waals surface area contributed by atoms with Gasteiger partial charge in [-0.25, -0.2) is 0 Å². The smallest absolute Gasteiger partial charge is 0.0417 e. The van der Waals surface area contributed by atoms with E-state index >= 15 is 0 Å². The van der Waals surface area contributed by atoms with Crippen LogP contribution in [0.2, 0.25) is 0 Å². The van der Waals surface area contributed by atoms with Crippen molar-refractivity contribution in [2.45, 2.75) is 38.1 Å². The third-order valence-corrected chi connectivity index (χ3v) is 3.32. The number of benzene rings is 1. The Labute approximate surface area is 92.2 Å². The molecule has 1 fully saturated rings. The second kappa shape index (κ2) is 4.09. The molecule has 0 heterocycles. The quantitative estimate of drug-likeness (QED) is 0.777. The minimum Gasteiger partial charge on any atom is -0.379 e. The molecule has 0 radical (unpaired) electrons. The molecule has 1 N–H and O–H groups in total. The number of para-hydroxylation sites is 1. The average Bonchev–Trinajstić information content (AvgIpc) is 2.66. The molecule has 1 heteroatoms. The van der Waals surface area contributed by atoms with Gasteiger partial charge in [0, 0.05) is 11.2 Å². The Balaban J connectivity index is 2.19. The summed E-state index contributed by atoms with van der Waals surface area (Å²) in [6, 6.07) is 8.38. The van der Waals surface area contributed by atoms with E-state index in [9.17, 15) is 0 Å². The van der Waals surface area contributed by atoms with Gasteiger partial charge < -0.3 is 5.32 Å². The van der Waals surface area contributed by atoms with Crippen LogP contribution >= 0.6 is 0 Å². The first kappa shape index (κ1) is 10.3. The van der Waals surface area contributed by atoms with Gasteiger partial charge >= 0.3 is 0 Å². The number of hydrogen-bond donors (Lipinski definition) is 1. The third-order valence-electron chi connectivity index (χ3n) is 3.32. The lowest BCUT2D eigenvalue weighted by Gasteiger charge is -2.27. The zero-order valence-electron chi connectivity index (χ0n) is 9.42. The predicted molar refractivity (Wildman–Crippen MR) is 67.0 cm³/mol. The van der Waals surface area contributed by atoms with Crippen LogP contribution in [0.1, 0.15) is 38.2 Å². The average molecular weight is 201 g/mol. The van der Waals surface area contributed by atoms with Gasteiger partial charge in [-0.05, 0) is 31.4 Å². The van der Waals surface area contributed by atoms with Crippen LogP contribution in [0.25, 0.3) is 6.08 Å². The van der Waals surface area contributed by atoms with Gasteiger partial charge in [0.1, 0.15) is 0 Å². The maximum absolute atomic E-state index is 3.85. The molecule has 0 unspecified atom stereocenters. The molecule has 0 spiro atoms. The number of rotatable bonds is 3. The lowest BCUT2D eigenvalue weighted by atomic mass is 9.99. The fourth-order valence-electron chi connectivity index (χ4n) is 2.39. The molecule has 1 aromatic carbocycles. The van der Waals surface area contributed by atoms with Crippen molar-refractivity contribution in [2.75, 3.05) is 5.32 Å². The van der Waals surface area contributed by atoms with E-state index in [1.807, 2.05) is 6.08 Å². The van der Waals surface area contributed by atoms with Crippen molar-refractivity contribution in [3.8, 4) is 0 Å². The fraction of sp³-hybridized carbons (Fsp3) is 0.429. The molecule has 1 saturated carbocycles. The molecule has 0 saturated heterocycles. The molecule has 80 valence electrons. The third kappa shape index (κ3) is 2.23. The highest BCUT2D eigenvalue weighted by Crippen LogP contribution is 2.33. The minimum absolute atomic E-state index is 0.291. The molecule has 1 aliphatic rings. The van der Waals surface area contributed by atoms with Crippen LogP contribution < -0.4 is 5.32 Å². The van der Waals surface area contributed by atoms with Crippen LogP contribution in [-0.2, 0) is 0 Å². The van der Waals surface area contributed by atoms with E-state index in [0.717, 1.165) is 0 Å². The predicted octanol–water partition coefficient (Wildman–Crippen LogP) is 4.07. The van der Waals surface area contributed by atoms with E-state index < -0.39 is 0 Å². The molecule has 0 aromatic heterocycles. The van der Waals surface area contributed by atoms with Crippen LogP contribution in [0, 0.1) is 0 Å². The molecule has 1 aromatic rings. The Bertz CT molecular complexity index is 348. The first-order valence-corrected chi connectivity index (χ1v) is 5.73. The summed E-state index contributed by atoms with van der Waals surface area (Å²) in [6.45, 7) is 6.17. The van der Waals surface area contributed by atoms with Gasteiger partial charge in [-0.3, -0.25) is 0 Å². The second-order valence-electron chi connectivity index (χ2n) is 4.68. The first-order valence-electron chi connectivity index (χ1n) is 5.73. The Kier molecular flexibility index (Phi) is 2.81. The van der Waals surface area contributed by atoms with Crippen molar-refractivity contribution in [1.29, 1.82) is 0 Å². The summed E-state index contributed by atoms with van der Waals surface area (Å²) < 4.78 is 0. The summed E-state index contributed by atoms with van der Waals surface area (Å²) in [5.41, 5.74) is 2.71. The van der Waals surface area contributed by atoms with E-state index in [4.69, 9.17) is 0 Å². The second-order valence-corrected chi connectivity index (χ2v) is 4.68. The summed E-state index contributed by atoms with van der Waals surface area (Å²) in [6.07, 6.45) is 7.16. The van der Waals surface area contributed by atoms with E-state index in [1.54, 1.807) is 0 Å². The van der Waals surface area contributed by atoms with Crippen molar-refractivity contribution in [1.82, 2.24) is 0 Å². The molecule has 0 aliphatic heterocycles. The standard InChI is InChI=1S/C14H19N/c1-3-12-8-4-5-9-13(12)15-14(2)10-6-7-11-14/h3-5,8-9,15H,1,6-7,10-11H2,2H3. The van der Waals surface area contributed by atoms with Crippen molar-refractivity contribution in [3.05, 3.63) is 36.4 Å². The van der Waals surface area contributed by atoms with Crippen LogP contribution in [0.5, 0.6) is 0 Å². The Morgan fingerprint density at radius 2 is 1.93 bits per heavy atom. The van der Waals surface area contributed by atoms with Crippen LogP contribution in [0.4, 0.5) is 5.69 Å². The minimum atomic E-state index is 0.291. The fourth-order valence-corrected chi connectivity index (χ4v) is 2.39. The highest BCUT2D eigenvalue weighted by atomic mass is 15.0. The summed E-state index contributed by atoms with van der Waals surface area (Å²) in [4.78, 5) is 0. The van der Waals surface area contributed by atoms with E-state index in [0.29, 0.717) is 5.54 Å². The first-order chi connectivity index (χ1) is 7.23. The van der Waals surface area contributed by atoms with Gasteiger partial charge in [-0.1, -0.05) is 43.7 Å². The molecule has 1 aliphatic carbocycles. The molecular formula is C14H19N. The number of hydrogen-bond acceptors (Lipinski definition) is 1. The van der Waals surface area contributed by atoms with E-state index in [-0.39, 0.29) is 0 Å². The monoisotopic (exact) mass is 201 g/mol. The summed E-state index contributed by atoms with van der Waals surface area (Å²) in [7, 11) is 0. The van der Waals surface area contributed by atoms with Gasteiger partial charge in [0.15, 0.2) is 0 Å². The zero-order chi connectivity index (χ0) is 10.7. The van der Waals surface area contributed by atoms with Crippen LogP contribution in [-0.4, -0.2) is 5.54 Å². The van der Waals surface area contributed by atoms with Crippen molar-refractivity contribution < 1.29 is 0 Å². The number of nitrogens with one attached hydrogen (secondary N) is 1. The molecule has 2 rings (SSSR count). The van der Waals surface area contributed by atoms with Crippen LogP contribution in [0.15, 0.2) is 30.8 Å².